The third kappa shape index (κ3) is 3.46. The fourth-order valence-electron chi connectivity index (χ4n) is 1.98. The number of carboxylic acids is 1. The minimum atomic E-state index is -1.31. The monoisotopic (exact) mass is 317 g/mol. The molecule has 0 radical (unpaired) electrons. The first-order valence-electron chi connectivity index (χ1n) is 6.67. The highest BCUT2D eigenvalue weighted by molar-refractivity contribution is 6.30. The van der Waals surface area contributed by atoms with Crippen LogP contribution in [0.5, 0.6) is 5.75 Å². The van der Waals surface area contributed by atoms with Crippen LogP contribution in [0.1, 0.15) is 28.4 Å². The second-order valence-corrected chi connectivity index (χ2v) is 5.28. The summed E-state index contributed by atoms with van der Waals surface area (Å²) >= 11 is 5.81. The summed E-state index contributed by atoms with van der Waals surface area (Å²) in [6, 6.07) is 11.5. The molecule has 114 valence electrons. The quantitative estimate of drug-likeness (QED) is 0.794. The number of ketones is 1. The summed E-state index contributed by atoms with van der Waals surface area (Å²) in [6.45, 7) is 3.09. The predicted molar refractivity (Wildman–Crippen MR) is 81.2 cm³/mol. The van der Waals surface area contributed by atoms with Gasteiger partial charge in [-0.25, -0.2) is 0 Å². The van der Waals surface area contributed by atoms with Gasteiger partial charge in [-0.2, -0.15) is 0 Å². The maximum atomic E-state index is 12.5. The first-order chi connectivity index (χ1) is 10.4. The zero-order valence-corrected chi connectivity index (χ0v) is 12.9. The average molecular weight is 318 g/mol. The number of carbonyl (C=O) groups is 2. The van der Waals surface area contributed by atoms with Crippen molar-refractivity contribution in [3.8, 4) is 5.75 Å². The molecule has 0 unspecified atom stereocenters. The van der Waals surface area contributed by atoms with Crippen LogP contribution >= 0.6 is 11.6 Å². The molecule has 0 fully saturated rings. The zero-order chi connectivity index (χ0) is 16.3. The van der Waals surface area contributed by atoms with Crippen molar-refractivity contribution in [2.75, 3.05) is 0 Å². The molecule has 0 bridgehead atoms. The van der Waals surface area contributed by atoms with Gasteiger partial charge >= 0.3 is 0 Å². The Kier molecular flexibility index (Phi) is 4.83. The number of rotatable bonds is 5. The minimum absolute atomic E-state index is 0.180. The molecule has 0 aliphatic rings. The van der Waals surface area contributed by atoms with E-state index in [1.54, 1.807) is 49.4 Å². The Hall–Kier alpha value is -2.33. The largest absolute Gasteiger partial charge is 0.546 e. The van der Waals surface area contributed by atoms with Crippen LogP contribution in [-0.2, 0) is 4.79 Å². The topological polar surface area (TPSA) is 66.4 Å². The van der Waals surface area contributed by atoms with E-state index in [1.165, 1.54) is 6.92 Å². The van der Waals surface area contributed by atoms with E-state index in [4.69, 9.17) is 16.3 Å². The molecule has 2 aromatic rings. The molecule has 2 rings (SSSR count). The third-order valence-corrected chi connectivity index (χ3v) is 3.52. The molecule has 4 nitrogen and oxygen atoms in total. The fourth-order valence-corrected chi connectivity index (χ4v) is 2.11. The number of hydrogen-bond donors (Lipinski definition) is 0. The van der Waals surface area contributed by atoms with Gasteiger partial charge in [0.25, 0.3) is 0 Å². The van der Waals surface area contributed by atoms with Crippen molar-refractivity contribution in [3.63, 3.8) is 0 Å². The fraction of sp³-hybridized carbons (Fsp3) is 0.176. The first-order valence-corrected chi connectivity index (χ1v) is 7.05. The van der Waals surface area contributed by atoms with E-state index < -0.39 is 12.1 Å². The van der Waals surface area contributed by atoms with Crippen LogP contribution in [0, 0.1) is 6.92 Å². The molecule has 0 amide bonds. The highest BCUT2D eigenvalue weighted by Gasteiger charge is 2.16. The minimum Gasteiger partial charge on any atom is -0.546 e. The predicted octanol–water partition coefficient (Wildman–Crippen LogP) is 2.40. The van der Waals surface area contributed by atoms with E-state index in [0.717, 1.165) is 0 Å². The van der Waals surface area contributed by atoms with E-state index in [2.05, 4.69) is 0 Å². The highest BCUT2D eigenvalue weighted by atomic mass is 35.5. The molecule has 2 aromatic carbocycles. The van der Waals surface area contributed by atoms with E-state index in [-0.39, 0.29) is 5.78 Å². The molecular formula is C17H14ClO4-. The van der Waals surface area contributed by atoms with Crippen molar-refractivity contribution < 1.29 is 19.4 Å². The molecule has 5 heteroatoms. The molecule has 0 saturated heterocycles. The van der Waals surface area contributed by atoms with Crippen LogP contribution < -0.4 is 9.84 Å². The van der Waals surface area contributed by atoms with E-state index in [1.807, 2.05) is 0 Å². The molecule has 0 spiro atoms. The van der Waals surface area contributed by atoms with E-state index in [0.29, 0.717) is 27.5 Å². The molecule has 0 heterocycles. The summed E-state index contributed by atoms with van der Waals surface area (Å²) in [5.74, 6) is -1.15. The van der Waals surface area contributed by atoms with Gasteiger partial charge in [0.05, 0.1) is 5.97 Å². The van der Waals surface area contributed by atoms with E-state index in [9.17, 15) is 14.7 Å². The maximum absolute atomic E-state index is 12.5. The van der Waals surface area contributed by atoms with Crippen molar-refractivity contribution in [3.05, 3.63) is 64.2 Å². The van der Waals surface area contributed by atoms with Gasteiger partial charge in [0.2, 0.25) is 0 Å². The summed E-state index contributed by atoms with van der Waals surface area (Å²) in [4.78, 5) is 23.3. The van der Waals surface area contributed by atoms with Crippen LogP contribution in [0.3, 0.4) is 0 Å². The van der Waals surface area contributed by atoms with Crippen LogP contribution in [0.4, 0.5) is 0 Å². The molecule has 22 heavy (non-hydrogen) atoms. The normalized spacial score (nSPS) is 11.8. The second-order valence-electron chi connectivity index (χ2n) is 4.84. The Morgan fingerprint density at radius 2 is 1.77 bits per heavy atom. The number of carboxylic acid groups (broad SMARTS) is 1. The van der Waals surface area contributed by atoms with Crippen LogP contribution in [0.25, 0.3) is 0 Å². The van der Waals surface area contributed by atoms with Gasteiger partial charge in [-0.3, -0.25) is 4.79 Å². The summed E-state index contributed by atoms with van der Waals surface area (Å²) < 4.78 is 5.32. The van der Waals surface area contributed by atoms with Crippen LogP contribution in [0.2, 0.25) is 5.02 Å². The average Bonchev–Trinajstić information content (AvgIpc) is 2.49. The lowest BCUT2D eigenvalue weighted by molar-refractivity contribution is -0.312. The van der Waals surface area contributed by atoms with Crippen molar-refractivity contribution in [2.45, 2.75) is 20.0 Å². The van der Waals surface area contributed by atoms with E-state index >= 15 is 0 Å². The zero-order valence-electron chi connectivity index (χ0n) is 12.1. The number of carbonyl (C=O) groups excluding carboxylic acids is 2. The smallest absolute Gasteiger partial charge is 0.193 e. The van der Waals surface area contributed by atoms with Crippen molar-refractivity contribution in [1.29, 1.82) is 0 Å². The second kappa shape index (κ2) is 6.62. The van der Waals surface area contributed by atoms with Gasteiger partial charge in [-0.05, 0) is 44.2 Å². The number of halogens is 1. The molecule has 0 aliphatic carbocycles. The van der Waals surface area contributed by atoms with Gasteiger partial charge in [-0.15, -0.1) is 0 Å². The molecule has 0 aliphatic heterocycles. The Morgan fingerprint density at radius 1 is 1.14 bits per heavy atom. The summed E-state index contributed by atoms with van der Waals surface area (Å²) in [6.07, 6.45) is -1.10. The molecule has 1 atom stereocenters. The van der Waals surface area contributed by atoms with Gasteiger partial charge in [-0.1, -0.05) is 23.7 Å². The highest BCUT2D eigenvalue weighted by Crippen LogP contribution is 2.25. The Morgan fingerprint density at radius 3 is 2.36 bits per heavy atom. The SMILES string of the molecule is Cc1c(O[C@@H](C)C(=O)[O-])cccc1C(=O)c1ccc(Cl)cc1. The van der Waals surface area contributed by atoms with Gasteiger partial charge < -0.3 is 14.6 Å². The van der Waals surface area contributed by atoms with Gasteiger partial charge in [0.1, 0.15) is 11.9 Å². The maximum Gasteiger partial charge on any atom is 0.193 e. The Bertz CT molecular complexity index is 707. The number of ether oxygens (including phenoxy) is 1. The molecule has 0 saturated carbocycles. The molecule has 0 aromatic heterocycles. The van der Waals surface area contributed by atoms with Crippen molar-refractivity contribution in [1.82, 2.24) is 0 Å². The lowest BCUT2D eigenvalue weighted by Gasteiger charge is -2.18. The lowest BCUT2D eigenvalue weighted by atomic mass is 9.98. The third-order valence-electron chi connectivity index (χ3n) is 3.27. The van der Waals surface area contributed by atoms with Crippen molar-refractivity contribution in [2.24, 2.45) is 0 Å². The lowest BCUT2D eigenvalue weighted by Crippen LogP contribution is -2.37. The number of hydrogen-bond acceptors (Lipinski definition) is 4. The number of benzene rings is 2. The molecular weight excluding hydrogens is 304 g/mol. The standard InChI is InChI=1S/C17H15ClO4/c1-10-14(16(19)12-6-8-13(18)9-7-12)4-3-5-15(10)22-11(2)17(20)21/h3-9,11H,1-2H3,(H,20,21)/p-1/t11-/m0/s1. The number of aliphatic carboxylic acids is 1. The summed E-state index contributed by atoms with van der Waals surface area (Å²) in [7, 11) is 0. The van der Waals surface area contributed by atoms with Crippen molar-refractivity contribution >= 4 is 23.4 Å². The van der Waals surface area contributed by atoms with Crippen LogP contribution in [0.15, 0.2) is 42.5 Å². The van der Waals surface area contributed by atoms with Crippen LogP contribution in [-0.4, -0.2) is 17.9 Å². The van der Waals surface area contributed by atoms with Gasteiger partial charge in [0, 0.05) is 21.7 Å². The molecule has 0 N–H and O–H groups in total. The van der Waals surface area contributed by atoms with Gasteiger partial charge in [0.15, 0.2) is 5.78 Å². The Balaban J connectivity index is 2.34. The Labute approximate surface area is 133 Å². The summed E-state index contributed by atoms with van der Waals surface area (Å²) in [5, 5.41) is 11.3. The summed E-state index contributed by atoms with van der Waals surface area (Å²) in [5.41, 5.74) is 1.53. The first kappa shape index (κ1) is 16.0.